The molecule has 2 atom stereocenters. The Morgan fingerprint density at radius 1 is 1.19 bits per heavy atom. The summed E-state index contributed by atoms with van der Waals surface area (Å²) in [4.78, 5) is 11.1. The zero-order valence-electron chi connectivity index (χ0n) is 17.8. The first-order valence-electron chi connectivity index (χ1n) is 11.0. The Morgan fingerprint density at radius 3 is 2.69 bits per heavy atom. The van der Waals surface area contributed by atoms with Gasteiger partial charge >= 0.3 is 5.97 Å². The number of carbonyl (C=O) groups excluding carboxylic acids is 1. The number of hydrogen-bond acceptors (Lipinski definition) is 2. The molecule has 0 heterocycles. The molecule has 1 aliphatic carbocycles. The SMILES string of the molecule is CCCCC(C)CC/C=C/C1CCC(C)=C1CCCCCCC(=O)OC. The van der Waals surface area contributed by atoms with Crippen LogP contribution < -0.4 is 0 Å². The van der Waals surface area contributed by atoms with Gasteiger partial charge < -0.3 is 4.74 Å². The second kappa shape index (κ2) is 14.1. The van der Waals surface area contributed by atoms with E-state index in [0.29, 0.717) is 12.3 Å². The normalized spacial score (nSPS) is 18.7. The monoisotopic (exact) mass is 362 g/mol. The van der Waals surface area contributed by atoms with Gasteiger partial charge in [0, 0.05) is 6.42 Å². The molecule has 2 nitrogen and oxygen atoms in total. The zero-order chi connectivity index (χ0) is 19.2. The van der Waals surface area contributed by atoms with E-state index in [-0.39, 0.29) is 5.97 Å². The minimum absolute atomic E-state index is 0.0754. The Bertz CT molecular complexity index is 447. The van der Waals surface area contributed by atoms with Crippen molar-refractivity contribution in [2.45, 2.75) is 104 Å². The summed E-state index contributed by atoms with van der Waals surface area (Å²) in [5.74, 6) is 1.48. The van der Waals surface area contributed by atoms with Crippen LogP contribution in [0.25, 0.3) is 0 Å². The van der Waals surface area contributed by atoms with Gasteiger partial charge in [0.1, 0.15) is 0 Å². The van der Waals surface area contributed by atoms with E-state index in [2.05, 4.69) is 32.9 Å². The molecular weight excluding hydrogens is 320 g/mol. The van der Waals surface area contributed by atoms with Gasteiger partial charge in [0.05, 0.1) is 7.11 Å². The second-order valence-corrected chi connectivity index (χ2v) is 8.19. The lowest BCUT2D eigenvalue weighted by molar-refractivity contribution is -0.140. The van der Waals surface area contributed by atoms with Crippen LogP contribution >= 0.6 is 0 Å². The molecule has 0 aromatic carbocycles. The minimum Gasteiger partial charge on any atom is -0.469 e. The standard InChI is InChI=1S/C24H42O2/c1-5-6-13-20(2)14-11-12-15-22-19-18-21(3)23(22)16-9-7-8-10-17-24(25)26-4/h12,15,20,22H,5-11,13-14,16-19H2,1-4H3/b15-12+. The molecule has 0 bridgehead atoms. The number of esters is 1. The molecule has 0 fully saturated rings. The highest BCUT2D eigenvalue weighted by molar-refractivity contribution is 5.68. The summed E-state index contributed by atoms with van der Waals surface area (Å²) in [6, 6.07) is 0. The average molecular weight is 363 g/mol. The smallest absolute Gasteiger partial charge is 0.305 e. The van der Waals surface area contributed by atoms with E-state index in [0.717, 1.165) is 18.8 Å². The summed E-state index contributed by atoms with van der Waals surface area (Å²) in [7, 11) is 1.47. The van der Waals surface area contributed by atoms with Crippen molar-refractivity contribution in [3.8, 4) is 0 Å². The van der Waals surface area contributed by atoms with Crippen molar-refractivity contribution in [3.63, 3.8) is 0 Å². The van der Waals surface area contributed by atoms with Gasteiger partial charge in [-0.25, -0.2) is 0 Å². The Morgan fingerprint density at radius 2 is 1.96 bits per heavy atom. The molecule has 0 N–H and O–H groups in total. The summed E-state index contributed by atoms with van der Waals surface area (Å²) < 4.78 is 4.69. The maximum Gasteiger partial charge on any atom is 0.305 e. The molecule has 150 valence electrons. The molecule has 0 saturated heterocycles. The molecule has 1 rings (SSSR count). The molecule has 0 saturated carbocycles. The zero-order valence-corrected chi connectivity index (χ0v) is 17.8. The Kier molecular flexibility index (Phi) is 12.4. The third-order valence-corrected chi connectivity index (χ3v) is 5.88. The summed E-state index contributed by atoms with van der Waals surface area (Å²) >= 11 is 0. The molecule has 0 spiro atoms. The van der Waals surface area contributed by atoms with Crippen LogP contribution in [0.15, 0.2) is 23.3 Å². The van der Waals surface area contributed by atoms with E-state index in [1.165, 1.54) is 71.3 Å². The van der Waals surface area contributed by atoms with E-state index in [1.807, 2.05) is 0 Å². The minimum atomic E-state index is -0.0754. The predicted molar refractivity (Wildman–Crippen MR) is 112 cm³/mol. The lowest BCUT2D eigenvalue weighted by atomic mass is 9.93. The van der Waals surface area contributed by atoms with Gasteiger partial charge in [0.15, 0.2) is 0 Å². The number of allylic oxidation sites excluding steroid dienone is 4. The molecule has 26 heavy (non-hydrogen) atoms. The maximum absolute atomic E-state index is 11.1. The van der Waals surface area contributed by atoms with Crippen LogP contribution in [0.1, 0.15) is 104 Å². The summed E-state index contributed by atoms with van der Waals surface area (Å²) in [6.45, 7) is 7.00. The molecule has 0 amide bonds. The van der Waals surface area contributed by atoms with Gasteiger partial charge in [0.2, 0.25) is 0 Å². The molecule has 2 heteroatoms. The number of ether oxygens (including phenoxy) is 1. The molecule has 1 aliphatic rings. The molecule has 2 unspecified atom stereocenters. The number of methoxy groups -OCH3 is 1. The predicted octanol–water partition coefficient (Wildman–Crippen LogP) is 7.39. The fourth-order valence-electron chi connectivity index (χ4n) is 4.01. The van der Waals surface area contributed by atoms with E-state index in [9.17, 15) is 4.79 Å². The van der Waals surface area contributed by atoms with Crippen molar-refractivity contribution >= 4 is 5.97 Å². The van der Waals surface area contributed by atoms with E-state index in [4.69, 9.17) is 4.74 Å². The number of unbranched alkanes of at least 4 members (excludes halogenated alkanes) is 4. The van der Waals surface area contributed by atoms with Crippen molar-refractivity contribution < 1.29 is 9.53 Å². The molecule has 0 aromatic rings. The number of hydrogen-bond donors (Lipinski definition) is 0. The lowest BCUT2D eigenvalue weighted by Crippen LogP contribution is -1.99. The van der Waals surface area contributed by atoms with Gasteiger partial charge in [-0.1, -0.05) is 69.2 Å². The topological polar surface area (TPSA) is 26.3 Å². The largest absolute Gasteiger partial charge is 0.469 e. The van der Waals surface area contributed by atoms with Gasteiger partial charge in [-0.15, -0.1) is 0 Å². The highest BCUT2D eigenvalue weighted by Gasteiger charge is 2.20. The highest BCUT2D eigenvalue weighted by atomic mass is 16.5. The first-order valence-corrected chi connectivity index (χ1v) is 11.0. The fourth-order valence-corrected chi connectivity index (χ4v) is 4.01. The van der Waals surface area contributed by atoms with Crippen molar-refractivity contribution in [2.24, 2.45) is 11.8 Å². The highest BCUT2D eigenvalue weighted by Crippen LogP contribution is 2.36. The van der Waals surface area contributed by atoms with Gasteiger partial charge in [0.25, 0.3) is 0 Å². The number of rotatable bonds is 14. The van der Waals surface area contributed by atoms with Crippen molar-refractivity contribution in [3.05, 3.63) is 23.3 Å². The van der Waals surface area contributed by atoms with Crippen LogP contribution in [0.2, 0.25) is 0 Å². The van der Waals surface area contributed by atoms with Crippen LogP contribution in [-0.2, 0) is 9.53 Å². The Balaban J connectivity index is 2.23. The Hall–Kier alpha value is -1.05. The molecule has 0 aliphatic heterocycles. The van der Waals surface area contributed by atoms with Gasteiger partial charge in [-0.2, -0.15) is 0 Å². The first-order chi connectivity index (χ1) is 12.6. The summed E-state index contributed by atoms with van der Waals surface area (Å²) in [5.41, 5.74) is 3.33. The third kappa shape index (κ3) is 9.59. The second-order valence-electron chi connectivity index (χ2n) is 8.19. The summed E-state index contributed by atoms with van der Waals surface area (Å²) in [5, 5.41) is 0. The third-order valence-electron chi connectivity index (χ3n) is 5.88. The average Bonchev–Trinajstić information content (AvgIpc) is 2.99. The molecular formula is C24H42O2. The van der Waals surface area contributed by atoms with Crippen LogP contribution in [0.5, 0.6) is 0 Å². The van der Waals surface area contributed by atoms with Crippen LogP contribution in [0, 0.1) is 11.8 Å². The van der Waals surface area contributed by atoms with Crippen molar-refractivity contribution in [1.29, 1.82) is 0 Å². The van der Waals surface area contributed by atoms with Crippen LogP contribution in [0.4, 0.5) is 0 Å². The molecule has 0 radical (unpaired) electrons. The lowest BCUT2D eigenvalue weighted by Gasteiger charge is -2.12. The number of carbonyl (C=O) groups is 1. The fraction of sp³-hybridized carbons (Fsp3) is 0.792. The van der Waals surface area contributed by atoms with Crippen LogP contribution in [0.3, 0.4) is 0 Å². The molecule has 0 aromatic heterocycles. The van der Waals surface area contributed by atoms with Crippen molar-refractivity contribution in [2.75, 3.05) is 7.11 Å². The van der Waals surface area contributed by atoms with Crippen LogP contribution in [-0.4, -0.2) is 13.1 Å². The first kappa shape index (κ1) is 23.0. The Labute approximate surface area is 162 Å². The van der Waals surface area contributed by atoms with E-state index < -0.39 is 0 Å². The quantitative estimate of drug-likeness (QED) is 0.183. The van der Waals surface area contributed by atoms with E-state index in [1.54, 1.807) is 11.1 Å². The summed E-state index contributed by atoms with van der Waals surface area (Å²) in [6.07, 6.45) is 20.6. The maximum atomic E-state index is 11.1. The van der Waals surface area contributed by atoms with Gasteiger partial charge in [-0.05, 0) is 63.7 Å². The van der Waals surface area contributed by atoms with E-state index >= 15 is 0 Å². The van der Waals surface area contributed by atoms with Crippen molar-refractivity contribution in [1.82, 2.24) is 0 Å². The van der Waals surface area contributed by atoms with Gasteiger partial charge in [-0.3, -0.25) is 4.79 Å².